The Morgan fingerprint density at radius 3 is 2.94 bits per heavy atom. The Labute approximate surface area is 102 Å². The van der Waals surface area contributed by atoms with Crippen molar-refractivity contribution in [2.45, 2.75) is 32.4 Å². The first kappa shape index (κ1) is 12.1. The molecular formula is C12H20N4O. The quantitative estimate of drug-likeness (QED) is 0.847. The van der Waals surface area contributed by atoms with Crippen molar-refractivity contribution < 1.29 is 4.74 Å². The van der Waals surface area contributed by atoms with Crippen LogP contribution in [0.5, 0.6) is 5.88 Å². The molecule has 5 nitrogen and oxygen atoms in total. The minimum Gasteiger partial charge on any atom is -0.475 e. The van der Waals surface area contributed by atoms with Gasteiger partial charge in [0.1, 0.15) is 12.1 Å². The van der Waals surface area contributed by atoms with Gasteiger partial charge in [0, 0.05) is 25.2 Å². The molecular weight excluding hydrogens is 216 g/mol. The van der Waals surface area contributed by atoms with Gasteiger partial charge in [-0.3, -0.25) is 0 Å². The van der Waals surface area contributed by atoms with Gasteiger partial charge in [0.15, 0.2) is 0 Å². The fraction of sp³-hybridized carbons (Fsp3) is 0.667. The lowest BCUT2D eigenvalue weighted by atomic mass is 10.3. The molecule has 1 saturated heterocycles. The van der Waals surface area contributed by atoms with Crippen molar-refractivity contribution in [3.63, 3.8) is 0 Å². The molecule has 1 aliphatic heterocycles. The third kappa shape index (κ3) is 3.06. The molecule has 5 heteroatoms. The molecule has 0 bridgehead atoms. The average Bonchev–Trinajstić information content (AvgIpc) is 2.77. The number of hydrogen-bond acceptors (Lipinski definition) is 5. The highest BCUT2D eigenvalue weighted by Gasteiger charge is 2.22. The van der Waals surface area contributed by atoms with Gasteiger partial charge in [-0.1, -0.05) is 0 Å². The van der Waals surface area contributed by atoms with Crippen LogP contribution in [0.1, 0.15) is 20.3 Å². The van der Waals surface area contributed by atoms with Crippen molar-refractivity contribution in [2.75, 3.05) is 25.0 Å². The second-order valence-electron chi connectivity index (χ2n) is 4.60. The third-order valence-electron chi connectivity index (χ3n) is 2.90. The minimum absolute atomic E-state index is 0.140. The molecule has 1 aliphatic rings. The molecule has 0 spiro atoms. The van der Waals surface area contributed by atoms with Crippen molar-refractivity contribution in [1.82, 2.24) is 15.3 Å². The van der Waals surface area contributed by atoms with E-state index >= 15 is 0 Å². The Hall–Kier alpha value is -1.36. The van der Waals surface area contributed by atoms with E-state index in [1.807, 2.05) is 27.0 Å². The molecule has 0 amide bonds. The monoisotopic (exact) mass is 236 g/mol. The van der Waals surface area contributed by atoms with Crippen molar-refractivity contribution >= 4 is 5.82 Å². The van der Waals surface area contributed by atoms with Crippen molar-refractivity contribution in [3.8, 4) is 5.88 Å². The van der Waals surface area contributed by atoms with E-state index in [2.05, 4.69) is 20.2 Å². The first-order chi connectivity index (χ1) is 8.19. The Bertz CT molecular complexity index is 369. The first-order valence-corrected chi connectivity index (χ1v) is 6.10. The van der Waals surface area contributed by atoms with Crippen LogP contribution in [0.4, 0.5) is 5.82 Å². The van der Waals surface area contributed by atoms with Gasteiger partial charge in [-0.25, -0.2) is 9.97 Å². The first-order valence-electron chi connectivity index (χ1n) is 6.10. The van der Waals surface area contributed by atoms with Gasteiger partial charge >= 0.3 is 0 Å². The van der Waals surface area contributed by atoms with Gasteiger partial charge in [0.05, 0.1) is 6.10 Å². The van der Waals surface area contributed by atoms with Gasteiger partial charge in [-0.2, -0.15) is 0 Å². The molecule has 0 aliphatic carbocycles. The predicted molar refractivity (Wildman–Crippen MR) is 67.5 cm³/mol. The normalized spacial score (nSPS) is 20.0. The van der Waals surface area contributed by atoms with E-state index in [4.69, 9.17) is 4.74 Å². The molecule has 1 N–H and O–H groups in total. The zero-order valence-corrected chi connectivity index (χ0v) is 10.7. The van der Waals surface area contributed by atoms with Crippen molar-refractivity contribution in [3.05, 3.63) is 12.4 Å². The maximum Gasteiger partial charge on any atom is 0.218 e. The number of ether oxygens (including phenoxy) is 1. The summed E-state index contributed by atoms with van der Waals surface area (Å²) in [6.45, 7) is 6.02. The number of anilines is 1. The molecule has 94 valence electrons. The van der Waals surface area contributed by atoms with E-state index in [0.29, 0.717) is 11.9 Å². The number of nitrogens with one attached hydrogen (secondary N) is 1. The number of aromatic nitrogens is 2. The summed E-state index contributed by atoms with van der Waals surface area (Å²) in [4.78, 5) is 10.7. The molecule has 17 heavy (non-hydrogen) atoms. The maximum absolute atomic E-state index is 5.57. The minimum atomic E-state index is 0.140. The maximum atomic E-state index is 5.57. The Balaban J connectivity index is 2.06. The van der Waals surface area contributed by atoms with Crippen LogP contribution in [0.15, 0.2) is 12.4 Å². The van der Waals surface area contributed by atoms with Gasteiger partial charge in [-0.15, -0.1) is 0 Å². The van der Waals surface area contributed by atoms with Crippen LogP contribution in [0.3, 0.4) is 0 Å². The summed E-state index contributed by atoms with van der Waals surface area (Å²) < 4.78 is 5.57. The van der Waals surface area contributed by atoms with Crippen LogP contribution < -0.4 is 15.0 Å². The SMILES string of the molecule is CNC1CCN(c2cc(OC(C)C)ncn2)C1. The van der Waals surface area contributed by atoms with Gasteiger partial charge < -0.3 is 15.0 Å². The highest BCUT2D eigenvalue weighted by Crippen LogP contribution is 2.20. The van der Waals surface area contributed by atoms with Crippen LogP contribution in [0.2, 0.25) is 0 Å². The summed E-state index contributed by atoms with van der Waals surface area (Å²) in [6.07, 6.45) is 2.86. The Kier molecular flexibility index (Phi) is 3.78. The van der Waals surface area contributed by atoms with Crippen LogP contribution in [0.25, 0.3) is 0 Å². The van der Waals surface area contributed by atoms with Crippen LogP contribution >= 0.6 is 0 Å². The van der Waals surface area contributed by atoms with E-state index in [1.54, 1.807) is 6.33 Å². The second-order valence-corrected chi connectivity index (χ2v) is 4.60. The van der Waals surface area contributed by atoms with Crippen molar-refractivity contribution in [1.29, 1.82) is 0 Å². The number of likely N-dealkylation sites (N-methyl/N-ethyl adjacent to an activating group) is 1. The molecule has 0 saturated carbocycles. The third-order valence-corrected chi connectivity index (χ3v) is 2.90. The highest BCUT2D eigenvalue weighted by molar-refractivity contribution is 5.42. The second kappa shape index (κ2) is 5.31. The summed E-state index contributed by atoms with van der Waals surface area (Å²) >= 11 is 0. The smallest absolute Gasteiger partial charge is 0.218 e. The van der Waals surface area contributed by atoms with E-state index in [-0.39, 0.29) is 6.10 Å². The van der Waals surface area contributed by atoms with Gasteiger partial charge in [0.2, 0.25) is 5.88 Å². The predicted octanol–water partition coefficient (Wildman–Crippen LogP) is 1.06. The largest absolute Gasteiger partial charge is 0.475 e. The fourth-order valence-electron chi connectivity index (χ4n) is 2.01. The summed E-state index contributed by atoms with van der Waals surface area (Å²) in [7, 11) is 2.00. The molecule has 1 aromatic heterocycles. The molecule has 0 aromatic carbocycles. The molecule has 2 rings (SSSR count). The van der Waals surface area contributed by atoms with E-state index in [0.717, 1.165) is 25.3 Å². The zero-order valence-electron chi connectivity index (χ0n) is 10.7. The molecule has 1 aromatic rings. The zero-order chi connectivity index (χ0) is 12.3. The lowest BCUT2D eigenvalue weighted by molar-refractivity contribution is 0.232. The Morgan fingerprint density at radius 1 is 1.47 bits per heavy atom. The standard InChI is InChI=1S/C12H20N4O/c1-9(2)17-12-6-11(14-8-15-12)16-5-4-10(7-16)13-3/h6,8-10,13H,4-5,7H2,1-3H3. The topological polar surface area (TPSA) is 50.3 Å². The number of hydrogen-bond donors (Lipinski definition) is 1. The molecule has 0 radical (unpaired) electrons. The van der Waals surface area contributed by atoms with E-state index < -0.39 is 0 Å². The summed E-state index contributed by atoms with van der Waals surface area (Å²) in [5.41, 5.74) is 0. The molecule has 1 atom stereocenters. The van der Waals surface area contributed by atoms with Crippen LogP contribution in [0, 0.1) is 0 Å². The fourth-order valence-corrected chi connectivity index (χ4v) is 2.01. The van der Waals surface area contributed by atoms with Gasteiger partial charge in [0.25, 0.3) is 0 Å². The lowest BCUT2D eigenvalue weighted by Gasteiger charge is -2.18. The number of rotatable bonds is 4. The average molecular weight is 236 g/mol. The lowest BCUT2D eigenvalue weighted by Crippen LogP contribution is -2.29. The molecule has 2 heterocycles. The highest BCUT2D eigenvalue weighted by atomic mass is 16.5. The van der Waals surface area contributed by atoms with E-state index in [1.165, 1.54) is 0 Å². The van der Waals surface area contributed by atoms with Crippen molar-refractivity contribution in [2.24, 2.45) is 0 Å². The summed E-state index contributed by atoms with van der Waals surface area (Å²) in [5.74, 6) is 1.60. The van der Waals surface area contributed by atoms with E-state index in [9.17, 15) is 0 Å². The van der Waals surface area contributed by atoms with Crippen LogP contribution in [-0.2, 0) is 0 Å². The number of nitrogens with zero attached hydrogens (tertiary/aromatic N) is 3. The van der Waals surface area contributed by atoms with Crippen LogP contribution in [-0.4, -0.2) is 42.3 Å². The summed E-state index contributed by atoms with van der Waals surface area (Å²) in [6, 6.07) is 2.47. The molecule has 1 unspecified atom stereocenters. The van der Waals surface area contributed by atoms with Gasteiger partial charge in [-0.05, 0) is 27.3 Å². The molecule has 1 fully saturated rings. The Morgan fingerprint density at radius 2 is 2.29 bits per heavy atom. The summed E-state index contributed by atoms with van der Waals surface area (Å²) in [5, 5.41) is 3.29.